The highest BCUT2D eigenvalue weighted by Gasteiger charge is 2.24. The second-order valence-corrected chi connectivity index (χ2v) is 12.5. The maximum Gasteiger partial charge on any atom is 0.159 e. The molecule has 0 saturated carbocycles. The zero-order chi connectivity index (χ0) is 32.3. The van der Waals surface area contributed by atoms with E-state index in [9.17, 15) is 0 Å². The number of furan rings is 1. The van der Waals surface area contributed by atoms with Crippen LogP contribution in [0.2, 0.25) is 0 Å². The second kappa shape index (κ2) is 11.0. The van der Waals surface area contributed by atoms with Crippen LogP contribution in [0.1, 0.15) is 0 Å². The molecule has 0 atom stereocenters. The molecule has 0 aliphatic rings. The average Bonchev–Trinajstić information content (AvgIpc) is 3.72. The van der Waals surface area contributed by atoms with Crippen molar-refractivity contribution in [1.29, 1.82) is 0 Å². The van der Waals surface area contributed by atoms with Gasteiger partial charge in [0.15, 0.2) is 5.58 Å². The third-order valence-electron chi connectivity index (χ3n) is 9.78. The summed E-state index contributed by atoms with van der Waals surface area (Å²) in [6.45, 7) is 0. The molecule has 0 unspecified atom stereocenters. The molecule has 2 heterocycles. The fourth-order valence-corrected chi connectivity index (χ4v) is 7.68. The molecule has 0 fully saturated rings. The van der Waals surface area contributed by atoms with Crippen molar-refractivity contribution in [2.24, 2.45) is 0 Å². The summed E-state index contributed by atoms with van der Waals surface area (Å²) < 4.78 is 9.10. The molecule has 0 aliphatic carbocycles. The number of aromatic nitrogens is 1. The van der Waals surface area contributed by atoms with E-state index in [1.807, 2.05) is 12.1 Å². The maximum atomic E-state index is 6.66. The predicted molar refractivity (Wildman–Crippen MR) is 206 cm³/mol. The summed E-state index contributed by atoms with van der Waals surface area (Å²) in [6.07, 6.45) is 0. The van der Waals surface area contributed by atoms with Crippen LogP contribution in [0.3, 0.4) is 0 Å². The fourth-order valence-electron chi connectivity index (χ4n) is 7.68. The van der Waals surface area contributed by atoms with E-state index in [0.717, 1.165) is 50.3 Å². The van der Waals surface area contributed by atoms with Crippen LogP contribution in [-0.4, -0.2) is 4.57 Å². The first-order chi connectivity index (χ1) is 24.3. The molecule has 0 amide bonds. The van der Waals surface area contributed by atoms with Crippen molar-refractivity contribution in [2.45, 2.75) is 0 Å². The lowest BCUT2D eigenvalue weighted by atomic mass is 9.94. The lowest BCUT2D eigenvalue weighted by Crippen LogP contribution is -2.12. The summed E-state index contributed by atoms with van der Waals surface area (Å²) in [5.74, 6) is 0. The number of nitrogens with zero attached hydrogens (tertiary/aromatic N) is 2. The highest BCUT2D eigenvalue weighted by Crippen LogP contribution is 2.48. The van der Waals surface area contributed by atoms with Crippen molar-refractivity contribution in [3.8, 4) is 16.8 Å². The van der Waals surface area contributed by atoms with E-state index in [2.05, 4.69) is 179 Å². The molecular weight excluding hydrogens is 597 g/mol. The molecule has 0 N–H and O–H groups in total. The van der Waals surface area contributed by atoms with Gasteiger partial charge in [-0.2, -0.15) is 0 Å². The molecule has 2 aromatic heterocycles. The standard InChI is InChI=1S/C46H30N2O/c1-2-16-32(17-3-1)47(43-27-14-23-37-36-21-9-13-28-44(36)49-46(37)43)41-26-12-8-22-38(41)45-33-18-5-4-15-31(33)29-30-42(45)48-39-24-10-6-19-34(39)35-20-7-11-25-40(35)48/h1-30H. The van der Waals surface area contributed by atoms with E-state index in [-0.39, 0.29) is 0 Å². The van der Waals surface area contributed by atoms with Crippen LogP contribution in [0, 0.1) is 0 Å². The molecule has 3 heteroatoms. The summed E-state index contributed by atoms with van der Waals surface area (Å²) >= 11 is 0. The normalized spacial score (nSPS) is 11.7. The average molecular weight is 627 g/mol. The molecule has 0 saturated heterocycles. The van der Waals surface area contributed by atoms with Crippen LogP contribution < -0.4 is 4.90 Å². The first kappa shape index (κ1) is 27.5. The summed E-state index contributed by atoms with van der Waals surface area (Å²) in [4.78, 5) is 2.36. The van der Waals surface area contributed by atoms with Gasteiger partial charge < -0.3 is 13.9 Å². The van der Waals surface area contributed by atoms with Crippen molar-refractivity contribution in [3.63, 3.8) is 0 Å². The number of fused-ring (bicyclic) bond motifs is 7. The molecule has 10 aromatic rings. The Kier molecular flexibility index (Phi) is 6.18. The highest BCUT2D eigenvalue weighted by molar-refractivity contribution is 6.14. The molecule has 0 bridgehead atoms. The van der Waals surface area contributed by atoms with Crippen molar-refractivity contribution in [1.82, 2.24) is 4.57 Å². The van der Waals surface area contributed by atoms with E-state index in [1.54, 1.807) is 0 Å². The van der Waals surface area contributed by atoms with Crippen LogP contribution in [0.4, 0.5) is 17.1 Å². The lowest BCUT2D eigenvalue weighted by Gasteiger charge is -2.29. The molecule has 3 nitrogen and oxygen atoms in total. The maximum absolute atomic E-state index is 6.66. The van der Waals surface area contributed by atoms with Crippen molar-refractivity contribution in [3.05, 3.63) is 182 Å². The summed E-state index contributed by atoms with van der Waals surface area (Å²) in [6, 6.07) is 64.9. The Hall–Kier alpha value is -6.58. The quantitative estimate of drug-likeness (QED) is 0.190. The monoisotopic (exact) mass is 626 g/mol. The number of para-hydroxylation sites is 6. The Labute approximate surface area is 283 Å². The van der Waals surface area contributed by atoms with Crippen LogP contribution in [-0.2, 0) is 0 Å². The molecule has 0 spiro atoms. The third-order valence-corrected chi connectivity index (χ3v) is 9.78. The zero-order valence-electron chi connectivity index (χ0n) is 26.6. The minimum atomic E-state index is 0.864. The van der Waals surface area contributed by atoms with E-state index in [4.69, 9.17) is 4.42 Å². The first-order valence-electron chi connectivity index (χ1n) is 16.7. The van der Waals surface area contributed by atoms with Gasteiger partial charge >= 0.3 is 0 Å². The third kappa shape index (κ3) is 4.23. The van der Waals surface area contributed by atoms with Crippen molar-refractivity contribution < 1.29 is 4.42 Å². The van der Waals surface area contributed by atoms with Gasteiger partial charge in [-0.1, -0.05) is 133 Å². The molecule has 0 aliphatic heterocycles. The van der Waals surface area contributed by atoms with Crippen LogP contribution in [0.15, 0.2) is 186 Å². The van der Waals surface area contributed by atoms with E-state index < -0.39 is 0 Å². The van der Waals surface area contributed by atoms with Crippen molar-refractivity contribution >= 4 is 71.6 Å². The van der Waals surface area contributed by atoms with Crippen molar-refractivity contribution in [2.75, 3.05) is 4.90 Å². The smallest absolute Gasteiger partial charge is 0.159 e. The van der Waals surface area contributed by atoms with Crippen LogP contribution >= 0.6 is 0 Å². The number of benzene rings is 8. The summed E-state index contributed by atoms with van der Waals surface area (Å²) in [5.41, 5.74) is 10.7. The van der Waals surface area contributed by atoms with Gasteiger partial charge in [-0.15, -0.1) is 0 Å². The Balaban J connectivity index is 1.32. The Morgan fingerprint density at radius 3 is 1.80 bits per heavy atom. The van der Waals surface area contributed by atoms with Gasteiger partial charge in [0.25, 0.3) is 0 Å². The number of hydrogen-bond acceptors (Lipinski definition) is 2. The lowest BCUT2D eigenvalue weighted by molar-refractivity contribution is 0.669. The minimum absolute atomic E-state index is 0.864. The van der Waals surface area contributed by atoms with Crippen LogP contribution in [0.25, 0.3) is 71.3 Å². The molecule has 10 rings (SSSR count). The van der Waals surface area contributed by atoms with Gasteiger partial charge in [-0.05, 0) is 59.3 Å². The van der Waals surface area contributed by atoms with Gasteiger partial charge in [0.1, 0.15) is 5.58 Å². The summed E-state index contributed by atoms with van der Waals surface area (Å²) in [7, 11) is 0. The molecule has 8 aromatic carbocycles. The molecule has 230 valence electrons. The van der Waals surface area contributed by atoms with E-state index in [1.165, 1.54) is 38.1 Å². The van der Waals surface area contributed by atoms with E-state index in [0.29, 0.717) is 0 Å². The zero-order valence-corrected chi connectivity index (χ0v) is 26.6. The second-order valence-electron chi connectivity index (χ2n) is 12.5. The highest BCUT2D eigenvalue weighted by atomic mass is 16.3. The molecule has 49 heavy (non-hydrogen) atoms. The fraction of sp³-hybridized carbons (Fsp3) is 0. The predicted octanol–water partition coefficient (Wildman–Crippen LogP) is 13.0. The topological polar surface area (TPSA) is 21.3 Å². The van der Waals surface area contributed by atoms with Crippen LogP contribution in [0.5, 0.6) is 0 Å². The molecular formula is C46H30N2O. The van der Waals surface area contributed by atoms with Gasteiger partial charge in [-0.25, -0.2) is 0 Å². The largest absolute Gasteiger partial charge is 0.454 e. The van der Waals surface area contributed by atoms with Gasteiger partial charge in [0.05, 0.1) is 28.1 Å². The van der Waals surface area contributed by atoms with Gasteiger partial charge in [-0.3, -0.25) is 0 Å². The van der Waals surface area contributed by atoms with E-state index >= 15 is 0 Å². The number of hydrogen-bond donors (Lipinski definition) is 0. The first-order valence-corrected chi connectivity index (χ1v) is 16.7. The summed E-state index contributed by atoms with van der Waals surface area (Å²) in [5, 5.41) is 7.10. The SMILES string of the molecule is c1ccc(N(c2ccccc2-c2c(-n3c4ccccc4c4ccccc43)ccc3ccccc23)c2cccc3c2oc2ccccc23)cc1. The Morgan fingerprint density at radius 1 is 0.408 bits per heavy atom. The Bertz CT molecular complexity index is 2790. The molecule has 0 radical (unpaired) electrons. The number of rotatable bonds is 5. The van der Waals surface area contributed by atoms with Gasteiger partial charge in [0.2, 0.25) is 0 Å². The van der Waals surface area contributed by atoms with Gasteiger partial charge in [0, 0.05) is 38.4 Å². The minimum Gasteiger partial charge on any atom is -0.454 e. The Morgan fingerprint density at radius 2 is 1.00 bits per heavy atom. The number of anilines is 3.